The van der Waals surface area contributed by atoms with Crippen LogP contribution in [0.15, 0.2) is 36.5 Å². The fourth-order valence-corrected chi connectivity index (χ4v) is 1.74. The predicted octanol–water partition coefficient (Wildman–Crippen LogP) is 2.51. The lowest BCUT2D eigenvalue weighted by Crippen LogP contribution is -2.02. The van der Waals surface area contributed by atoms with Gasteiger partial charge < -0.3 is 0 Å². The largest absolute Gasteiger partial charge is 0.299 e. The van der Waals surface area contributed by atoms with E-state index in [1.807, 2.05) is 24.3 Å². The van der Waals surface area contributed by atoms with E-state index < -0.39 is 0 Å². The van der Waals surface area contributed by atoms with Crippen LogP contribution in [0.4, 0.5) is 0 Å². The Morgan fingerprint density at radius 2 is 2.06 bits per heavy atom. The van der Waals surface area contributed by atoms with Crippen LogP contribution in [-0.4, -0.2) is 16.8 Å². The Kier molecular flexibility index (Phi) is 2.68. The van der Waals surface area contributed by atoms with Gasteiger partial charge in [-0.05, 0) is 18.2 Å². The van der Waals surface area contributed by atoms with Crippen molar-refractivity contribution in [1.82, 2.24) is 4.57 Å². The van der Waals surface area contributed by atoms with Crippen molar-refractivity contribution in [2.75, 3.05) is 0 Å². The molecule has 0 aliphatic carbocycles. The van der Waals surface area contributed by atoms with Gasteiger partial charge in [-0.1, -0.05) is 18.2 Å². The summed E-state index contributed by atoms with van der Waals surface area (Å²) < 4.78 is 1.58. The first kappa shape index (κ1) is 10.4. The summed E-state index contributed by atoms with van der Waals surface area (Å²) >= 11 is 0. The Morgan fingerprint density at radius 3 is 2.75 bits per heavy atom. The molecule has 0 spiro atoms. The van der Waals surface area contributed by atoms with Gasteiger partial charge in [0, 0.05) is 24.1 Å². The number of aldehydes is 1. The minimum Gasteiger partial charge on any atom is -0.299 e. The normalized spacial score (nSPS) is 11.1. The van der Waals surface area contributed by atoms with E-state index in [1.54, 1.807) is 16.8 Å². The first-order chi connectivity index (χ1) is 7.74. The third-order valence-corrected chi connectivity index (χ3v) is 2.44. The molecule has 0 amide bonds. The van der Waals surface area contributed by atoms with Crippen molar-refractivity contribution in [2.24, 2.45) is 0 Å². The number of aromatic nitrogens is 1. The highest BCUT2D eigenvalue weighted by molar-refractivity contribution is 5.97. The van der Waals surface area contributed by atoms with Gasteiger partial charge in [0.2, 0.25) is 5.91 Å². The number of hydrogen-bond acceptors (Lipinski definition) is 2. The van der Waals surface area contributed by atoms with Crippen LogP contribution >= 0.6 is 0 Å². The minimum atomic E-state index is -0.0399. The van der Waals surface area contributed by atoms with E-state index >= 15 is 0 Å². The van der Waals surface area contributed by atoms with Gasteiger partial charge in [0.05, 0.1) is 5.52 Å². The van der Waals surface area contributed by atoms with Crippen LogP contribution in [0.1, 0.15) is 17.3 Å². The molecule has 16 heavy (non-hydrogen) atoms. The third kappa shape index (κ3) is 1.67. The zero-order valence-electron chi connectivity index (χ0n) is 8.88. The summed E-state index contributed by atoms with van der Waals surface area (Å²) in [4.78, 5) is 21.7. The Balaban J connectivity index is 2.71. The Morgan fingerprint density at radius 1 is 1.31 bits per heavy atom. The molecule has 1 aromatic carbocycles. The molecule has 0 fully saturated rings. The first-order valence-corrected chi connectivity index (χ1v) is 4.97. The molecule has 0 saturated carbocycles. The van der Waals surface area contributed by atoms with E-state index in [1.165, 1.54) is 13.0 Å². The minimum absolute atomic E-state index is 0.0399. The maximum absolute atomic E-state index is 11.4. The number of nitrogens with zero attached hydrogens (tertiary/aromatic N) is 1. The molecule has 0 unspecified atom stereocenters. The highest BCUT2D eigenvalue weighted by Gasteiger charge is 2.07. The molecule has 0 aliphatic heterocycles. The van der Waals surface area contributed by atoms with E-state index in [0.717, 1.165) is 22.8 Å². The van der Waals surface area contributed by atoms with Gasteiger partial charge in [-0.2, -0.15) is 0 Å². The molecule has 3 nitrogen and oxygen atoms in total. The fraction of sp³-hybridized carbons (Fsp3) is 0.0769. The Labute approximate surface area is 93.0 Å². The molecular weight excluding hydrogens is 202 g/mol. The van der Waals surface area contributed by atoms with E-state index in [-0.39, 0.29) is 5.91 Å². The van der Waals surface area contributed by atoms with Crippen molar-refractivity contribution < 1.29 is 9.59 Å². The fourth-order valence-electron chi connectivity index (χ4n) is 1.74. The summed E-state index contributed by atoms with van der Waals surface area (Å²) in [6.45, 7) is 1.51. The van der Waals surface area contributed by atoms with Crippen molar-refractivity contribution in [2.45, 2.75) is 6.92 Å². The van der Waals surface area contributed by atoms with Crippen molar-refractivity contribution in [1.29, 1.82) is 0 Å². The van der Waals surface area contributed by atoms with Gasteiger partial charge in [-0.25, -0.2) is 0 Å². The average molecular weight is 213 g/mol. The summed E-state index contributed by atoms with van der Waals surface area (Å²) in [7, 11) is 0. The standard InChI is InChI=1S/C13H11NO2/c1-10(16)14-9-11(5-4-8-15)12-6-2-3-7-13(12)14/h2-9H,1H3/b5-4-. The zero-order valence-corrected chi connectivity index (χ0v) is 8.88. The van der Waals surface area contributed by atoms with Crippen LogP contribution in [0.25, 0.3) is 17.0 Å². The van der Waals surface area contributed by atoms with E-state index in [9.17, 15) is 9.59 Å². The second-order valence-electron chi connectivity index (χ2n) is 3.49. The second-order valence-corrected chi connectivity index (χ2v) is 3.49. The van der Waals surface area contributed by atoms with Gasteiger partial charge in [0.1, 0.15) is 6.29 Å². The number of carbonyl (C=O) groups is 2. The van der Waals surface area contributed by atoms with E-state index in [4.69, 9.17) is 0 Å². The molecule has 3 heteroatoms. The van der Waals surface area contributed by atoms with Gasteiger partial charge in [0.25, 0.3) is 0 Å². The van der Waals surface area contributed by atoms with Gasteiger partial charge in [-0.3, -0.25) is 14.2 Å². The van der Waals surface area contributed by atoms with Crippen molar-refractivity contribution >= 4 is 29.2 Å². The summed E-state index contributed by atoms with van der Waals surface area (Å²) in [5.41, 5.74) is 1.73. The average Bonchev–Trinajstić information content (AvgIpc) is 2.65. The number of para-hydroxylation sites is 1. The molecule has 0 atom stereocenters. The molecule has 80 valence electrons. The van der Waals surface area contributed by atoms with Crippen LogP contribution in [-0.2, 0) is 4.79 Å². The maximum atomic E-state index is 11.4. The topological polar surface area (TPSA) is 39.1 Å². The van der Waals surface area contributed by atoms with Gasteiger partial charge in [0.15, 0.2) is 0 Å². The molecule has 0 bridgehead atoms. The summed E-state index contributed by atoms with van der Waals surface area (Å²) in [5.74, 6) is -0.0399. The van der Waals surface area contributed by atoms with Crippen molar-refractivity contribution in [3.63, 3.8) is 0 Å². The quantitative estimate of drug-likeness (QED) is 0.568. The Hall–Kier alpha value is -2.16. The van der Waals surface area contributed by atoms with E-state index in [2.05, 4.69) is 0 Å². The van der Waals surface area contributed by atoms with Crippen LogP contribution in [0.5, 0.6) is 0 Å². The molecule has 0 saturated heterocycles. The lowest BCUT2D eigenvalue weighted by atomic mass is 10.2. The molecule has 0 N–H and O–H groups in total. The number of rotatable bonds is 2. The van der Waals surface area contributed by atoms with Gasteiger partial charge in [-0.15, -0.1) is 0 Å². The highest BCUT2D eigenvalue weighted by Crippen LogP contribution is 2.22. The molecule has 1 heterocycles. The number of allylic oxidation sites excluding steroid dienone is 1. The number of fused-ring (bicyclic) bond motifs is 1. The first-order valence-electron chi connectivity index (χ1n) is 4.97. The lowest BCUT2D eigenvalue weighted by Gasteiger charge is -1.96. The predicted molar refractivity (Wildman–Crippen MR) is 63.3 cm³/mol. The molecule has 2 aromatic rings. The SMILES string of the molecule is CC(=O)n1cc(/C=C\C=O)c2ccccc21. The smallest absolute Gasteiger partial charge is 0.227 e. The zero-order chi connectivity index (χ0) is 11.5. The molecular formula is C13H11NO2. The van der Waals surface area contributed by atoms with Crippen LogP contribution < -0.4 is 0 Å². The molecule has 0 aliphatic rings. The molecule has 1 aromatic heterocycles. The number of hydrogen-bond donors (Lipinski definition) is 0. The van der Waals surface area contributed by atoms with Crippen molar-refractivity contribution in [3.05, 3.63) is 42.1 Å². The summed E-state index contributed by atoms with van der Waals surface area (Å²) in [6.07, 6.45) is 5.59. The van der Waals surface area contributed by atoms with Crippen LogP contribution in [0.2, 0.25) is 0 Å². The van der Waals surface area contributed by atoms with Crippen molar-refractivity contribution in [3.8, 4) is 0 Å². The van der Waals surface area contributed by atoms with E-state index in [0.29, 0.717) is 0 Å². The van der Waals surface area contributed by atoms with Crippen LogP contribution in [0.3, 0.4) is 0 Å². The number of carbonyl (C=O) groups excluding carboxylic acids is 2. The summed E-state index contributed by atoms with van der Waals surface area (Å²) in [5, 5.41) is 0.968. The Bertz CT molecular complexity index is 579. The van der Waals surface area contributed by atoms with Crippen LogP contribution in [0, 0.1) is 0 Å². The lowest BCUT2D eigenvalue weighted by molar-refractivity contribution is -0.104. The second kappa shape index (κ2) is 4.14. The monoisotopic (exact) mass is 213 g/mol. The maximum Gasteiger partial charge on any atom is 0.227 e. The highest BCUT2D eigenvalue weighted by atomic mass is 16.1. The van der Waals surface area contributed by atoms with Gasteiger partial charge >= 0.3 is 0 Å². The molecule has 2 rings (SSSR count). The third-order valence-electron chi connectivity index (χ3n) is 2.44. The number of benzene rings is 1. The molecule has 0 radical (unpaired) electrons. The summed E-state index contributed by atoms with van der Waals surface area (Å²) in [6, 6.07) is 7.61.